The van der Waals surface area contributed by atoms with Crippen LogP contribution < -0.4 is 5.56 Å². The van der Waals surface area contributed by atoms with Gasteiger partial charge in [-0.2, -0.15) is 0 Å². The highest BCUT2D eigenvalue weighted by Crippen LogP contribution is 1.79. The molecule has 0 N–H and O–H groups in total. The fourth-order valence-electron chi connectivity index (χ4n) is 0.511. The van der Waals surface area contributed by atoms with E-state index in [-0.39, 0.29) is 5.56 Å². The van der Waals surface area contributed by atoms with Crippen molar-refractivity contribution in [3.05, 3.63) is 28.4 Å². The third-order valence-corrected chi connectivity index (χ3v) is 1.04. The van der Waals surface area contributed by atoms with Crippen LogP contribution in [0.3, 0.4) is 0 Å². The first-order valence-corrected chi connectivity index (χ1v) is 2.62. The van der Waals surface area contributed by atoms with Gasteiger partial charge in [0.2, 0.25) is 0 Å². The molecule has 1 aromatic heterocycles. The normalized spacial score (nSPS) is 9.56. The van der Waals surface area contributed by atoms with Crippen molar-refractivity contribution in [2.45, 2.75) is 6.92 Å². The molecular formula is C6H7N2O. The number of aryl methyl sites for hydroxylation is 2. The molecule has 47 valence electrons. The predicted molar refractivity (Wildman–Crippen MR) is 33.1 cm³/mol. The van der Waals surface area contributed by atoms with Gasteiger partial charge in [0.25, 0.3) is 5.56 Å². The van der Waals surface area contributed by atoms with Gasteiger partial charge in [-0.15, -0.1) is 0 Å². The molecule has 0 aliphatic rings. The van der Waals surface area contributed by atoms with Crippen LogP contribution in [0.1, 0.15) is 5.69 Å². The van der Waals surface area contributed by atoms with Crippen LogP contribution in [0.4, 0.5) is 0 Å². The van der Waals surface area contributed by atoms with Gasteiger partial charge >= 0.3 is 0 Å². The van der Waals surface area contributed by atoms with Gasteiger partial charge in [0, 0.05) is 18.8 Å². The molecule has 0 fully saturated rings. The minimum Gasteiger partial charge on any atom is -0.293 e. The fraction of sp³-hybridized carbons (Fsp3) is 0.333. The van der Waals surface area contributed by atoms with E-state index >= 15 is 0 Å². The summed E-state index contributed by atoms with van der Waals surface area (Å²) in [5, 5.41) is 0. The van der Waals surface area contributed by atoms with E-state index in [1.165, 1.54) is 10.6 Å². The lowest BCUT2D eigenvalue weighted by Crippen LogP contribution is -2.16. The van der Waals surface area contributed by atoms with Crippen molar-refractivity contribution >= 4 is 0 Å². The van der Waals surface area contributed by atoms with E-state index in [9.17, 15) is 4.79 Å². The highest BCUT2D eigenvalue weighted by atomic mass is 16.1. The molecule has 0 saturated carbocycles. The maximum Gasteiger partial charge on any atom is 0.253 e. The lowest BCUT2D eigenvalue weighted by Gasteiger charge is -1.91. The van der Waals surface area contributed by atoms with Crippen LogP contribution in [0.2, 0.25) is 0 Å². The Morgan fingerprint density at radius 1 is 1.78 bits per heavy atom. The minimum atomic E-state index is -0.0671. The molecule has 1 heterocycles. The molecule has 0 aliphatic carbocycles. The maximum absolute atomic E-state index is 10.7. The Labute approximate surface area is 53.0 Å². The quantitative estimate of drug-likeness (QED) is 0.482. The van der Waals surface area contributed by atoms with Crippen LogP contribution >= 0.6 is 0 Å². The Kier molecular flexibility index (Phi) is 1.34. The Hall–Kier alpha value is -1.12. The zero-order chi connectivity index (χ0) is 6.85. The zero-order valence-corrected chi connectivity index (χ0v) is 5.38. The molecule has 9 heavy (non-hydrogen) atoms. The molecule has 1 aromatic rings. The summed E-state index contributed by atoms with van der Waals surface area (Å²) < 4.78 is 1.31. The van der Waals surface area contributed by atoms with Crippen LogP contribution in [0.25, 0.3) is 0 Å². The molecule has 0 atom stereocenters. The van der Waals surface area contributed by atoms with Gasteiger partial charge in [-0.3, -0.25) is 9.36 Å². The molecule has 1 rings (SSSR count). The smallest absolute Gasteiger partial charge is 0.253 e. The molecule has 3 heteroatoms. The Morgan fingerprint density at radius 2 is 2.44 bits per heavy atom. The van der Waals surface area contributed by atoms with Gasteiger partial charge in [0.1, 0.15) is 0 Å². The largest absolute Gasteiger partial charge is 0.293 e. The molecule has 3 nitrogen and oxygen atoms in total. The number of hydrogen-bond donors (Lipinski definition) is 0. The Bertz CT molecular complexity index is 264. The monoisotopic (exact) mass is 123 g/mol. The SMILES string of the molecule is Cc1cc(=O)n(C)[c]n1. The first-order chi connectivity index (χ1) is 4.20. The summed E-state index contributed by atoms with van der Waals surface area (Å²) >= 11 is 0. The van der Waals surface area contributed by atoms with Crippen molar-refractivity contribution in [1.29, 1.82) is 0 Å². The standard InChI is InChI=1S/C6H7N2O/c1-5-3-6(9)8(2)4-7-5/h3H,1-2H3. The molecule has 0 saturated heterocycles. The van der Waals surface area contributed by atoms with E-state index in [0.29, 0.717) is 5.69 Å². The lowest BCUT2D eigenvalue weighted by molar-refractivity contribution is 0.803. The van der Waals surface area contributed by atoms with Gasteiger partial charge in [-0.1, -0.05) is 0 Å². The first kappa shape index (κ1) is 6.01. The summed E-state index contributed by atoms with van der Waals surface area (Å²) in [6, 6.07) is 1.47. The summed E-state index contributed by atoms with van der Waals surface area (Å²) in [6.07, 6.45) is 2.52. The van der Waals surface area contributed by atoms with Crippen molar-refractivity contribution in [3.8, 4) is 0 Å². The molecular weight excluding hydrogens is 116 g/mol. The summed E-state index contributed by atoms with van der Waals surface area (Å²) in [6.45, 7) is 1.76. The zero-order valence-electron chi connectivity index (χ0n) is 5.38. The van der Waals surface area contributed by atoms with Gasteiger partial charge in [0.05, 0.1) is 0 Å². The predicted octanol–water partition coefficient (Wildman–Crippen LogP) is -0.111. The van der Waals surface area contributed by atoms with Crippen LogP contribution in [0.5, 0.6) is 0 Å². The fourth-order valence-corrected chi connectivity index (χ4v) is 0.511. The Balaban J connectivity index is 3.34. The average molecular weight is 123 g/mol. The van der Waals surface area contributed by atoms with Gasteiger partial charge in [-0.25, -0.2) is 4.98 Å². The van der Waals surface area contributed by atoms with E-state index in [4.69, 9.17) is 0 Å². The van der Waals surface area contributed by atoms with E-state index in [2.05, 4.69) is 11.3 Å². The van der Waals surface area contributed by atoms with Crippen LogP contribution in [0, 0.1) is 13.3 Å². The summed E-state index contributed by atoms with van der Waals surface area (Å²) in [4.78, 5) is 14.5. The molecule has 0 aliphatic heterocycles. The van der Waals surface area contributed by atoms with Crippen molar-refractivity contribution in [1.82, 2.24) is 9.55 Å². The van der Waals surface area contributed by atoms with Crippen molar-refractivity contribution in [3.63, 3.8) is 0 Å². The Morgan fingerprint density at radius 3 is 2.89 bits per heavy atom. The maximum atomic E-state index is 10.7. The van der Waals surface area contributed by atoms with Crippen LogP contribution in [0.15, 0.2) is 10.9 Å². The number of aromatic nitrogens is 2. The summed E-state index contributed by atoms with van der Waals surface area (Å²) in [7, 11) is 1.62. The first-order valence-electron chi connectivity index (χ1n) is 2.62. The molecule has 0 amide bonds. The second kappa shape index (κ2) is 2.01. The number of nitrogens with zero attached hydrogens (tertiary/aromatic N) is 2. The summed E-state index contributed by atoms with van der Waals surface area (Å²) in [5.74, 6) is 0. The van der Waals surface area contributed by atoms with Gasteiger partial charge < -0.3 is 0 Å². The molecule has 1 radical (unpaired) electrons. The third-order valence-electron chi connectivity index (χ3n) is 1.04. The number of hydrogen-bond acceptors (Lipinski definition) is 2. The summed E-state index contributed by atoms with van der Waals surface area (Å²) in [5.41, 5.74) is 0.639. The molecule has 0 aromatic carbocycles. The average Bonchev–Trinajstić information content (AvgIpc) is 1.80. The van der Waals surface area contributed by atoms with Crippen molar-refractivity contribution in [2.75, 3.05) is 0 Å². The highest BCUT2D eigenvalue weighted by molar-refractivity contribution is 4.94. The highest BCUT2D eigenvalue weighted by Gasteiger charge is 1.88. The van der Waals surface area contributed by atoms with E-state index in [0.717, 1.165) is 0 Å². The topological polar surface area (TPSA) is 34.9 Å². The number of rotatable bonds is 0. The van der Waals surface area contributed by atoms with E-state index in [1.54, 1.807) is 14.0 Å². The van der Waals surface area contributed by atoms with Crippen LogP contribution in [-0.4, -0.2) is 9.55 Å². The molecule has 0 unspecified atom stereocenters. The van der Waals surface area contributed by atoms with E-state index < -0.39 is 0 Å². The second-order valence-corrected chi connectivity index (χ2v) is 1.89. The van der Waals surface area contributed by atoms with Gasteiger partial charge in [0.15, 0.2) is 6.33 Å². The van der Waals surface area contributed by atoms with Crippen LogP contribution in [-0.2, 0) is 7.05 Å². The van der Waals surface area contributed by atoms with Gasteiger partial charge in [-0.05, 0) is 6.92 Å². The second-order valence-electron chi connectivity index (χ2n) is 1.89. The van der Waals surface area contributed by atoms with Crippen molar-refractivity contribution < 1.29 is 0 Å². The molecule has 0 spiro atoms. The van der Waals surface area contributed by atoms with E-state index in [1.807, 2.05) is 0 Å². The lowest BCUT2D eigenvalue weighted by atomic mass is 10.4. The van der Waals surface area contributed by atoms with Crippen molar-refractivity contribution in [2.24, 2.45) is 7.05 Å². The minimum absolute atomic E-state index is 0.0671. The molecule has 0 bridgehead atoms. The third kappa shape index (κ3) is 1.16.